The van der Waals surface area contributed by atoms with Gasteiger partial charge in [-0.05, 0) is 25.5 Å². The molecular formula is C8H12BrN. The van der Waals surface area contributed by atoms with Crippen LogP contribution in [0.1, 0.15) is 13.3 Å². The molecule has 0 unspecified atom stereocenters. The maximum atomic E-state index is 3.85. The minimum absolute atomic E-state index is 0.968. The van der Waals surface area contributed by atoms with Crippen molar-refractivity contribution in [3.05, 3.63) is 22.2 Å². The molecule has 1 aliphatic heterocycles. The van der Waals surface area contributed by atoms with Crippen molar-refractivity contribution in [2.24, 2.45) is 0 Å². The van der Waals surface area contributed by atoms with Crippen molar-refractivity contribution in [1.82, 2.24) is 5.32 Å². The van der Waals surface area contributed by atoms with E-state index in [2.05, 4.69) is 34.7 Å². The molecule has 0 radical (unpaired) electrons. The molecule has 1 rings (SSSR count). The molecule has 0 atom stereocenters. The van der Waals surface area contributed by atoms with Crippen LogP contribution in [0.4, 0.5) is 0 Å². The summed E-state index contributed by atoms with van der Waals surface area (Å²) in [6, 6.07) is 0. The van der Waals surface area contributed by atoms with Crippen LogP contribution >= 0.6 is 15.9 Å². The van der Waals surface area contributed by atoms with Crippen LogP contribution in [0.5, 0.6) is 0 Å². The highest BCUT2D eigenvalue weighted by atomic mass is 79.9. The zero-order valence-electron chi connectivity index (χ0n) is 6.21. The molecule has 0 aromatic carbocycles. The van der Waals surface area contributed by atoms with Crippen molar-refractivity contribution in [2.75, 3.05) is 13.1 Å². The predicted molar refractivity (Wildman–Crippen MR) is 48.3 cm³/mol. The Morgan fingerprint density at radius 1 is 1.70 bits per heavy atom. The molecule has 1 nitrogen and oxygen atoms in total. The van der Waals surface area contributed by atoms with E-state index in [9.17, 15) is 0 Å². The number of rotatable bonds is 1. The maximum absolute atomic E-state index is 3.85. The first-order valence-electron chi connectivity index (χ1n) is 3.46. The summed E-state index contributed by atoms with van der Waals surface area (Å²) in [6.07, 6.45) is 1.15. The lowest BCUT2D eigenvalue weighted by Gasteiger charge is -2.17. The van der Waals surface area contributed by atoms with E-state index in [1.807, 2.05) is 0 Å². The van der Waals surface area contributed by atoms with Crippen molar-refractivity contribution in [3.63, 3.8) is 0 Å². The van der Waals surface area contributed by atoms with E-state index in [0.29, 0.717) is 0 Å². The summed E-state index contributed by atoms with van der Waals surface area (Å²) >= 11 is 3.38. The third-order valence-corrected chi connectivity index (χ3v) is 2.30. The van der Waals surface area contributed by atoms with Gasteiger partial charge < -0.3 is 5.32 Å². The molecule has 1 N–H and O–H groups in total. The highest BCUT2D eigenvalue weighted by Crippen LogP contribution is 2.21. The van der Waals surface area contributed by atoms with Gasteiger partial charge in [0.05, 0.1) is 0 Å². The van der Waals surface area contributed by atoms with E-state index < -0.39 is 0 Å². The van der Waals surface area contributed by atoms with Crippen LogP contribution in [0.25, 0.3) is 0 Å². The molecule has 0 spiro atoms. The molecule has 2 heteroatoms. The molecule has 0 bridgehead atoms. The van der Waals surface area contributed by atoms with Crippen molar-refractivity contribution in [3.8, 4) is 0 Å². The average molecular weight is 202 g/mol. The predicted octanol–water partition coefficient (Wildman–Crippen LogP) is 2.20. The summed E-state index contributed by atoms with van der Waals surface area (Å²) in [4.78, 5) is 0. The quantitative estimate of drug-likeness (QED) is 0.687. The SMILES string of the molecule is C=C(Br)C1=C(C)CCNC1. The smallest absolute Gasteiger partial charge is 0.0216 e. The molecule has 0 aliphatic carbocycles. The van der Waals surface area contributed by atoms with E-state index >= 15 is 0 Å². The molecule has 56 valence electrons. The minimum Gasteiger partial charge on any atom is -0.312 e. The van der Waals surface area contributed by atoms with Crippen LogP contribution < -0.4 is 5.32 Å². The summed E-state index contributed by atoms with van der Waals surface area (Å²) < 4.78 is 1.03. The van der Waals surface area contributed by atoms with Crippen molar-refractivity contribution >= 4 is 15.9 Å². The monoisotopic (exact) mass is 201 g/mol. The summed E-state index contributed by atoms with van der Waals surface area (Å²) in [7, 11) is 0. The lowest BCUT2D eigenvalue weighted by Crippen LogP contribution is -2.24. The first-order chi connectivity index (χ1) is 4.72. The molecule has 0 aromatic heterocycles. The Hall–Kier alpha value is -0.0800. The zero-order valence-corrected chi connectivity index (χ0v) is 7.79. The molecule has 0 saturated heterocycles. The summed E-state index contributed by atoms with van der Waals surface area (Å²) in [5.74, 6) is 0. The molecule has 1 aliphatic rings. The largest absolute Gasteiger partial charge is 0.312 e. The normalized spacial score (nSPS) is 19.4. The van der Waals surface area contributed by atoms with Crippen LogP contribution in [0.3, 0.4) is 0 Å². The fraction of sp³-hybridized carbons (Fsp3) is 0.500. The summed E-state index contributed by atoms with van der Waals surface area (Å²) in [5.41, 5.74) is 2.80. The minimum atomic E-state index is 0.968. The number of hydrogen-bond donors (Lipinski definition) is 1. The van der Waals surface area contributed by atoms with Gasteiger partial charge in [0.25, 0.3) is 0 Å². The van der Waals surface area contributed by atoms with Gasteiger partial charge in [0.15, 0.2) is 0 Å². The number of nitrogens with one attached hydrogen (secondary N) is 1. The Balaban J connectivity index is 2.78. The maximum Gasteiger partial charge on any atom is 0.0216 e. The fourth-order valence-corrected chi connectivity index (χ4v) is 1.60. The Labute approximate surface area is 70.3 Å². The summed E-state index contributed by atoms with van der Waals surface area (Å²) in [6.45, 7) is 8.09. The average Bonchev–Trinajstić information content (AvgIpc) is 1.88. The zero-order chi connectivity index (χ0) is 7.56. The Bertz CT molecular complexity index is 182. The van der Waals surface area contributed by atoms with Gasteiger partial charge >= 0.3 is 0 Å². The van der Waals surface area contributed by atoms with Gasteiger partial charge in [-0.2, -0.15) is 0 Å². The van der Waals surface area contributed by atoms with Gasteiger partial charge in [0.2, 0.25) is 0 Å². The third-order valence-electron chi connectivity index (χ3n) is 1.82. The molecule has 1 heterocycles. The fourth-order valence-electron chi connectivity index (χ4n) is 1.12. The van der Waals surface area contributed by atoms with E-state index in [4.69, 9.17) is 0 Å². The second-order valence-corrected chi connectivity index (χ2v) is 3.55. The van der Waals surface area contributed by atoms with E-state index in [1.54, 1.807) is 0 Å². The van der Waals surface area contributed by atoms with Crippen LogP contribution in [-0.4, -0.2) is 13.1 Å². The number of hydrogen-bond acceptors (Lipinski definition) is 1. The van der Waals surface area contributed by atoms with Gasteiger partial charge in [-0.1, -0.05) is 28.1 Å². The van der Waals surface area contributed by atoms with Gasteiger partial charge in [-0.15, -0.1) is 0 Å². The standard InChI is InChI=1S/C8H12BrN/c1-6-3-4-10-5-8(6)7(2)9/h10H,2-5H2,1H3. The first kappa shape index (κ1) is 8.02. The van der Waals surface area contributed by atoms with E-state index in [0.717, 1.165) is 24.0 Å². The Morgan fingerprint density at radius 3 is 2.80 bits per heavy atom. The lowest BCUT2D eigenvalue weighted by molar-refractivity contribution is 0.685. The third kappa shape index (κ3) is 1.70. The highest BCUT2D eigenvalue weighted by molar-refractivity contribution is 9.11. The molecule has 0 aromatic rings. The molecular weight excluding hydrogens is 190 g/mol. The van der Waals surface area contributed by atoms with Crippen LogP contribution in [-0.2, 0) is 0 Å². The van der Waals surface area contributed by atoms with Crippen molar-refractivity contribution in [2.45, 2.75) is 13.3 Å². The Kier molecular flexibility index (Phi) is 2.69. The van der Waals surface area contributed by atoms with Gasteiger partial charge in [0, 0.05) is 11.0 Å². The van der Waals surface area contributed by atoms with Crippen LogP contribution in [0.15, 0.2) is 22.2 Å². The second-order valence-electron chi connectivity index (χ2n) is 2.59. The van der Waals surface area contributed by atoms with Crippen molar-refractivity contribution < 1.29 is 0 Å². The van der Waals surface area contributed by atoms with Crippen molar-refractivity contribution in [1.29, 1.82) is 0 Å². The van der Waals surface area contributed by atoms with Gasteiger partial charge in [0.1, 0.15) is 0 Å². The highest BCUT2D eigenvalue weighted by Gasteiger charge is 2.08. The van der Waals surface area contributed by atoms with Crippen LogP contribution in [0.2, 0.25) is 0 Å². The lowest BCUT2D eigenvalue weighted by atomic mass is 10.0. The van der Waals surface area contributed by atoms with Gasteiger partial charge in [-0.3, -0.25) is 0 Å². The first-order valence-corrected chi connectivity index (χ1v) is 4.25. The Morgan fingerprint density at radius 2 is 2.40 bits per heavy atom. The molecule has 10 heavy (non-hydrogen) atoms. The topological polar surface area (TPSA) is 12.0 Å². The van der Waals surface area contributed by atoms with Gasteiger partial charge in [-0.25, -0.2) is 0 Å². The molecule has 0 saturated carbocycles. The van der Waals surface area contributed by atoms with Crippen LogP contribution in [0, 0.1) is 0 Å². The molecule has 0 amide bonds. The van der Waals surface area contributed by atoms with E-state index in [-0.39, 0.29) is 0 Å². The van der Waals surface area contributed by atoms with E-state index in [1.165, 1.54) is 11.1 Å². The summed E-state index contributed by atoms with van der Waals surface area (Å²) in [5, 5.41) is 3.30. The number of halogens is 1. The molecule has 0 fully saturated rings. The second kappa shape index (κ2) is 3.35.